The van der Waals surface area contributed by atoms with Gasteiger partial charge in [-0.05, 0) is 41.5 Å². The lowest BCUT2D eigenvalue weighted by molar-refractivity contribution is -0.199. The van der Waals surface area contributed by atoms with Crippen LogP contribution >= 0.6 is 0 Å². The van der Waals surface area contributed by atoms with Crippen LogP contribution in [0.5, 0.6) is 17.2 Å². The van der Waals surface area contributed by atoms with E-state index in [0.29, 0.717) is 35.0 Å². The zero-order valence-corrected chi connectivity index (χ0v) is 20.3. The zero-order valence-electron chi connectivity index (χ0n) is 19.5. The van der Waals surface area contributed by atoms with Crippen LogP contribution in [0.1, 0.15) is 12.0 Å². The highest BCUT2D eigenvalue weighted by Crippen LogP contribution is 2.38. The predicted octanol–water partition coefficient (Wildman–Crippen LogP) is 2.87. The lowest BCUT2D eigenvalue weighted by atomic mass is 9.97. The van der Waals surface area contributed by atoms with Crippen molar-refractivity contribution in [3.8, 4) is 17.2 Å². The quantitative estimate of drug-likeness (QED) is 0.382. The van der Waals surface area contributed by atoms with E-state index < -0.39 is 22.7 Å². The molecule has 9 nitrogen and oxygen atoms in total. The third-order valence-corrected chi connectivity index (χ3v) is 5.65. The van der Waals surface area contributed by atoms with Crippen LogP contribution in [0.3, 0.4) is 0 Å². The zero-order chi connectivity index (χ0) is 24.4. The van der Waals surface area contributed by atoms with E-state index in [9.17, 15) is 9.00 Å². The molecule has 1 N–H and O–H groups in total. The Labute approximate surface area is 196 Å². The molecule has 1 aromatic carbocycles. The SMILES string of the molecule is COC1=CC=C(C=CS(=O)NC(=O)C=Cc2cc(OC)c(OC)c(OC)c2)CC1(OC)OC. The lowest BCUT2D eigenvalue weighted by Gasteiger charge is -2.34. The van der Waals surface area contributed by atoms with Gasteiger partial charge in [0.15, 0.2) is 17.3 Å². The molecule has 180 valence electrons. The Morgan fingerprint density at radius 1 is 0.939 bits per heavy atom. The van der Waals surface area contributed by atoms with Crippen molar-refractivity contribution in [2.24, 2.45) is 0 Å². The van der Waals surface area contributed by atoms with Gasteiger partial charge in [0, 0.05) is 32.1 Å². The summed E-state index contributed by atoms with van der Waals surface area (Å²) >= 11 is 0. The number of carbonyl (C=O) groups excluding carboxylic acids is 1. The number of allylic oxidation sites excluding steroid dienone is 3. The molecule has 1 aromatic rings. The van der Waals surface area contributed by atoms with Crippen molar-refractivity contribution in [1.29, 1.82) is 0 Å². The van der Waals surface area contributed by atoms with E-state index >= 15 is 0 Å². The summed E-state index contributed by atoms with van der Waals surface area (Å²) in [6.45, 7) is 0. The van der Waals surface area contributed by atoms with Crippen LogP contribution in [0.2, 0.25) is 0 Å². The minimum atomic E-state index is -1.74. The summed E-state index contributed by atoms with van der Waals surface area (Å²) in [6, 6.07) is 3.38. The number of methoxy groups -OCH3 is 6. The molecule has 0 heterocycles. The van der Waals surface area contributed by atoms with Crippen molar-refractivity contribution in [2.45, 2.75) is 12.2 Å². The van der Waals surface area contributed by atoms with Crippen LogP contribution in [0.25, 0.3) is 6.08 Å². The first-order chi connectivity index (χ1) is 15.9. The van der Waals surface area contributed by atoms with Gasteiger partial charge in [0.1, 0.15) is 11.0 Å². The molecule has 0 aromatic heterocycles. The van der Waals surface area contributed by atoms with Crippen LogP contribution < -0.4 is 18.9 Å². The van der Waals surface area contributed by atoms with Gasteiger partial charge in [0.05, 0.1) is 28.4 Å². The molecule has 2 rings (SSSR count). The number of rotatable bonds is 11. The molecule has 0 saturated heterocycles. The highest BCUT2D eigenvalue weighted by molar-refractivity contribution is 7.86. The third-order valence-electron chi connectivity index (χ3n) is 4.86. The average Bonchev–Trinajstić information content (AvgIpc) is 2.84. The van der Waals surface area contributed by atoms with Crippen molar-refractivity contribution < 1.29 is 37.4 Å². The Kier molecular flexibility index (Phi) is 9.71. The predicted molar refractivity (Wildman–Crippen MR) is 125 cm³/mol. The van der Waals surface area contributed by atoms with E-state index in [4.69, 9.17) is 28.4 Å². The van der Waals surface area contributed by atoms with E-state index in [2.05, 4.69) is 4.72 Å². The standard InChI is InChI=1S/C23H29NO8S/c1-27-18-13-17(14-19(28-2)22(18)30-4)8-10-21(25)24-33(26)12-11-16-7-9-20(29-3)23(15-16,31-5)32-6/h7-14H,15H2,1-6H3,(H,24,25). The summed E-state index contributed by atoms with van der Waals surface area (Å²) in [4.78, 5) is 12.2. The number of ether oxygens (including phenoxy) is 6. The molecule has 1 atom stereocenters. The Morgan fingerprint density at radius 3 is 2.09 bits per heavy atom. The second-order valence-corrected chi connectivity index (χ2v) is 7.74. The van der Waals surface area contributed by atoms with Gasteiger partial charge in [-0.3, -0.25) is 9.52 Å². The number of carbonyl (C=O) groups is 1. The molecule has 10 heteroatoms. The van der Waals surface area contributed by atoms with Gasteiger partial charge < -0.3 is 28.4 Å². The molecule has 0 bridgehead atoms. The molecule has 0 radical (unpaired) electrons. The molecular formula is C23H29NO8S. The first-order valence-corrected chi connectivity index (χ1v) is 11.0. The third kappa shape index (κ3) is 6.47. The Balaban J connectivity index is 2.05. The minimum Gasteiger partial charge on any atom is -0.495 e. The second-order valence-electron chi connectivity index (χ2n) is 6.67. The van der Waals surface area contributed by atoms with Gasteiger partial charge in [0.25, 0.3) is 5.91 Å². The first kappa shape index (κ1) is 26.2. The molecular weight excluding hydrogens is 450 g/mol. The summed E-state index contributed by atoms with van der Waals surface area (Å²) in [7, 11) is 7.34. The van der Waals surface area contributed by atoms with E-state index in [1.54, 1.807) is 36.4 Å². The maximum atomic E-state index is 12.3. The van der Waals surface area contributed by atoms with E-state index in [0.717, 1.165) is 5.57 Å². The number of benzene rings is 1. The topological polar surface area (TPSA) is 102 Å². The summed E-state index contributed by atoms with van der Waals surface area (Å²) in [6.07, 6.45) is 8.32. The number of amides is 1. The van der Waals surface area contributed by atoms with Gasteiger partial charge >= 0.3 is 0 Å². The van der Waals surface area contributed by atoms with Crippen LogP contribution in [-0.4, -0.2) is 58.6 Å². The maximum Gasteiger partial charge on any atom is 0.255 e. The fourth-order valence-electron chi connectivity index (χ4n) is 3.18. The molecule has 1 aliphatic rings. The van der Waals surface area contributed by atoms with Crippen molar-refractivity contribution in [3.63, 3.8) is 0 Å². The lowest BCUT2D eigenvalue weighted by Crippen LogP contribution is -2.38. The van der Waals surface area contributed by atoms with Crippen LogP contribution in [0.15, 0.2) is 53.2 Å². The van der Waals surface area contributed by atoms with Crippen LogP contribution in [0.4, 0.5) is 0 Å². The van der Waals surface area contributed by atoms with Crippen molar-refractivity contribution in [1.82, 2.24) is 4.72 Å². The molecule has 0 aliphatic heterocycles. The van der Waals surface area contributed by atoms with Crippen molar-refractivity contribution in [3.05, 3.63) is 58.7 Å². The summed E-state index contributed by atoms with van der Waals surface area (Å²) < 4.78 is 46.8. The fraction of sp³-hybridized carbons (Fsp3) is 0.348. The molecule has 0 spiro atoms. The largest absolute Gasteiger partial charge is 0.495 e. The Hall–Kier alpha value is -3.08. The van der Waals surface area contributed by atoms with E-state index in [1.165, 1.54) is 54.1 Å². The van der Waals surface area contributed by atoms with Gasteiger partial charge in [-0.15, -0.1) is 0 Å². The number of hydrogen-bond donors (Lipinski definition) is 1. The van der Waals surface area contributed by atoms with E-state index in [1.807, 2.05) is 0 Å². The highest BCUT2D eigenvalue weighted by Gasteiger charge is 2.38. The Morgan fingerprint density at radius 2 is 1.58 bits per heavy atom. The van der Waals surface area contributed by atoms with E-state index in [-0.39, 0.29) is 0 Å². The summed E-state index contributed by atoms with van der Waals surface area (Å²) in [5.41, 5.74) is 1.43. The van der Waals surface area contributed by atoms with Crippen molar-refractivity contribution >= 4 is 23.0 Å². The van der Waals surface area contributed by atoms with Crippen LogP contribution in [-0.2, 0) is 30.0 Å². The number of hydrogen-bond acceptors (Lipinski definition) is 8. The fourth-order valence-corrected chi connectivity index (χ4v) is 3.81. The van der Waals surface area contributed by atoms with Gasteiger partial charge in [-0.2, -0.15) is 0 Å². The molecule has 1 unspecified atom stereocenters. The highest BCUT2D eigenvalue weighted by atomic mass is 32.2. The summed E-state index contributed by atoms with van der Waals surface area (Å²) in [5.74, 6) is 0.293. The smallest absolute Gasteiger partial charge is 0.255 e. The molecule has 0 fully saturated rings. The molecule has 1 amide bonds. The van der Waals surface area contributed by atoms with Crippen molar-refractivity contribution in [2.75, 3.05) is 42.7 Å². The average molecular weight is 480 g/mol. The molecule has 33 heavy (non-hydrogen) atoms. The molecule has 0 saturated carbocycles. The van der Waals surface area contributed by atoms with Gasteiger partial charge in [0.2, 0.25) is 11.5 Å². The number of nitrogens with one attached hydrogen (secondary N) is 1. The maximum absolute atomic E-state index is 12.3. The Bertz CT molecular complexity index is 967. The first-order valence-electron chi connectivity index (χ1n) is 9.79. The normalized spacial score (nSPS) is 16.2. The second kappa shape index (κ2) is 12.2. The van der Waals surface area contributed by atoms with Gasteiger partial charge in [-0.1, -0.05) is 6.08 Å². The monoisotopic (exact) mass is 479 g/mol. The summed E-state index contributed by atoms with van der Waals surface area (Å²) in [5, 5.41) is 1.37. The minimum absolute atomic E-state index is 0.350. The molecule has 1 aliphatic carbocycles. The van der Waals surface area contributed by atoms with Gasteiger partial charge in [-0.25, -0.2) is 4.21 Å². The van der Waals surface area contributed by atoms with Crippen LogP contribution in [0, 0.1) is 0 Å².